The van der Waals surface area contributed by atoms with E-state index in [4.69, 9.17) is 5.73 Å². The molecule has 1 aliphatic rings. The summed E-state index contributed by atoms with van der Waals surface area (Å²) in [4.78, 5) is 14.3. The quantitative estimate of drug-likeness (QED) is 0.706. The van der Waals surface area contributed by atoms with Crippen molar-refractivity contribution in [3.05, 3.63) is 0 Å². The lowest BCUT2D eigenvalue weighted by molar-refractivity contribution is -0.122. The van der Waals surface area contributed by atoms with Crippen LogP contribution in [-0.4, -0.2) is 55.0 Å². The summed E-state index contributed by atoms with van der Waals surface area (Å²) in [7, 11) is 0. The Kier molecular flexibility index (Phi) is 8.50. The molecule has 0 aromatic rings. The third kappa shape index (κ3) is 6.63. The molecular formula is C14H29N3OS. The van der Waals surface area contributed by atoms with Crippen LogP contribution in [0.5, 0.6) is 0 Å². The van der Waals surface area contributed by atoms with E-state index in [1.165, 1.54) is 38.9 Å². The van der Waals surface area contributed by atoms with Crippen molar-refractivity contribution in [2.75, 3.05) is 38.2 Å². The van der Waals surface area contributed by atoms with Gasteiger partial charge in [-0.25, -0.2) is 0 Å². The molecule has 0 aromatic heterocycles. The van der Waals surface area contributed by atoms with Gasteiger partial charge in [0.1, 0.15) is 0 Å². The number of rotatable bonds is 8. The molecule has 1 amide bonds. The Bertz CT molecular complexity index is 255. The van der Waals surface area contributed by atoms with E-state index in [0.717, 1.165) is 18.7 Å². The first-order chi connectivity index (χ1) is 9.17. The zero-order valence-corrected chi connectivity index (χ0v) is 13.2. The van der Waals surface area contributed by atoms with E-state index in [2.05, 4.69) is 17.1 Å². The van der Waals surface area contributed by atoms with Crippen molar-refractivity contribution < 1.29 is 4.79 Å². The number of carbonyl (C=O) groups is 1. The molecule has 1 fully saturated rings. The van der Waals surface area contributed by atoms with Crippen LogP contribution in [0, 0.1) is 5.92 Å². The number of hydrogen-bond acceptors (Lipinski definition) is 4. The Morgan fingerprint density at radius 1 is 1.47 bits per heavy atom. The molecule has 0 aromatic carbocycles. The number of carbonyl (C=O) groups excluding carboxylic acids is 1. The number of hydrogen-bond donors (Lipinski definition) is 2. The fraction of sp³-hybridized carbons (Fsp3) is 0.929. The highest BCUT2D eigenvalue weighted by Crippen LogP contribution is 2.16. The second kappa shape index (κ2) is 9.61. The summed E-state index contributed by atoms with van der Waals surface area (Å²) in [5, 5.41) is 3.02. The lowest BCUT2D eigenvalue weighted by Gasteiger charge is -2.31. The molecule has 0 radical (unpaired) electrons. The average molecular weight is 287 g/mol. The molecule has 1 rings (SSSR count). The number of piperidine rings is 1. The van der Waals surface area contributed by atoms with Gasteiger partial charge < -0.3 is 16.0 Å². The van der Waals surface area contributed by atoms with Crippen LogP contribution in [0.15, 0.2) is 0 Å². The van der Waals surface area contributed by atoms with E-state index < -0.39 is 0 Å². The lowest BCUT2D eigenvalue weighted by atomic mass is 9.96. The highest BCUT2D eigenvalue weighted by Gasteiger charge is 2.20. The highest BCUT2D eigenvalue weighted by atomic mass is 32.2. The number of nitrogens with one attached hydrogen (secondary N) is 1. The first-order valence-electron chi connectivity index (χ1n) is 7.42. The van der Waals surface area contributed by atoms with Crippen molar-refractivity contribution in [2.45, 2.75) is 38.6 Å². The summed E-state index contributed by atoms with van der Waals surface area (Å²) in [6.45, 7) is 6.58. The summed E-state index contributed by atoms with van der Waals surface area (Å²) in [5.41, 5.74) is 5.85. The van der Waals surface area contributed by atoms with Crippen LogP contribution in [0.2, 0.25) is 0 Å². The summed E-state index contributed by atoms with van der Waals surface area (Å²) >= 11 is 1.73. The predicted octanol–water partition coefficient (Wildman–Crippen LogP) is 1.31. The van der Waals surface area contributed by atoms with Crippen molar-refractivity contribution in [3.63, 3.8) is 0 Å². The molecule has 1 heterocycles. The smallest absolute Gasteiger partial charge is 0.236 e. The predicted molar refractivity (Wildman–Crippen MR) is 83.4 cm³/mol. The van der Waals surface area contributed by atoms with E-state index in [1.54, 1.807) is 11.8 Å². The Morgan fingerprint density at radius 2 is 2.16 bits per heavy atom. The number of thioether (sulfide) groups is 1. The van der Waals surface area contributed by atoms with Gasteiger partial charge in [0.05, 0.1) is 6.04 Å². The average Bonchev–Trinajstić information content (AvgIpc) is 2.44. The number of nitrogens with two attached hydrogens (primary N) is 1. The Hall–Kier alpha value is -0.260. The minimum atomic E-state index is -0.340. The Labute approximate surface area is 121 Å². The lowest BCUT2D eigenvalue weighted by Crippen LogP contribution is -2.44. The molecule has 0 saturated carbocycles. The van der Waals surface area contributed by atoms with Crippen LogP contribution in [0.3, 0.4) is 0 Å². The van der Waals surface area contributed by atoms with Gasteiger partial charge in [-0.1, -0.05) is 6.92 Å². The third-order valence-corrected chi connectivity index (χ3v) is 4.43. The first-order valence-corrected chi connectivity index (χ1v) is 8.81. The van der Waals surface area contributed by atoms with Gasteiger partial charge in [-0.05, 0) is 63.2 Å². The van der Waals surface area contributed by atoms with Crippen molar-refractivity contribution in [1.29, 1.82) is 0 Å². The molecule has 5 heteroatoms. The van der Waals surface area contributed by atoms with Gasteiger partial charge in [0.2, 0.25) is 5.91 Å². The molecule has 0 spiro atoms. The molecule has 112 valence electrons. The van der Waals surface area contributed by atoms with Crippen molar-refractivity contribution in [2.24, 2.45) is 11.7 Å². The summed E-state index contributed by atoms with van der Waals surface area (Å²) in [6.07, 6.45) is 6.42. The van der Waals surface area contributed by atoms with Gasteiger partial charge >= 0.3 is 0 Å². The van der Waals surface area contributed by atoms with E-state index in [9.17, 15) is 4.79 Å². The molecule has 1 atom stereocenters. The maximum atomic E-state index is 11.8. The van der Waals surface area contributed by atoms with Crippen LogP contribution in [0.4, 0.5) is 0 Å². The fourth-order valence-corrected chi connectivity index (χ4v) is 2.97. The van der Waals surface area contributed by atoms with Gasteiger partial charge in [0, 0.05) is 6.54 Å². The van der Waals surface area contributed by atoms with E-state index >= 15 is 0 Å². The number of amides is 1. The standard InChI is InChI=1S/C14H29N3OS/c1-3-7-17-8-4-12(5-9-17)11-16-14(18)13(15)6-10-19-2/h12-13H,3-11,15H2,1-2H3,(H,16,18)/t13-/m0/s1. The second-order valence-electron chi connectivity index (χ2n) is 5.42. The van der Waals surface area contributed by atoms with Gasteiger partial charge in [-0.15, -0.1) is 0 Å². The minimum Gasteiger partial charge on any atom is -0.354 e. The van der Waals surface area contributed by atoms with Crippen molar-refractivity contribution in [3.8, 4) is 0 Å². The van der Waals surface area contributed by atoms with Crippen molar-refractivity contribution in [1.82, 2.24) is 10.2 Å². The van der Waals surface area contributed by atoms with Crippen LogP contribution >= 0.6 is 11.8 Å². The van der Waals surface area contributed by atoms with E-state index in [0.29, 0.717) is 5.92 Å². The summed E-state index contributed by atoms with van der Waals surface area (Å²) < 4.78 is 0. The van der Waals surface area contributed by atoms with Crippen LogP contribution in [-0.2, 0) is 4.79 Å². The van der Waals surface area contributed by atoms with E-state index in [1.807, 2.05) is 6.26 Å². The number of likely N-dealkylation sites (tertiary alicyclic amines) is 1. The normalized spacial score (nSPS) is 19.3. The SMILES string of the molecule is CCCN1CCC(CNC(=O)[C@@H](N)CCSC)CC1. The maximum absolute atomic E-state index is 11.8. The van der Waals surface area contributed by atoms with Crippen LogP contribution in [0.25, 0.3) is 0 Å². The molecule has 0 unspecified atom stereocenters. The second-order valence-corrected chi connectivity index (χ2v) is 6.40. The third-order valence-electron chi connectivity index (χ3n) is 3.78. The molecule has 1 aliphatic heterocycles. The largest absolute Gasteiger partial charge is 0.354 e. The molecule has 19 heavy (non-hydrogen) atoms. The molecule has 0 aliphatic carbocycles. The molecule has 3 N–H and O–H groups in total. The zero-order valence-electron chi connectivity index (χ0n) is 12.4. The molecule has 1 saturated heterocycles. The van der Waals surface area contributed by atoms with Crippen molar-refractivity contribution >= 4 is 17.7 Å². The Morgan fingerprint density at radius 3 is 2.74 bits per heavy atom. The summed E-state index contributed by atoms with van der Waals surface area (Å²) in [6, 6.07) is -0.340. The van der Waals surface area contributed by atoms with E-state index in [-0.39, 0.29) is 11.9 Å². The van der Waals surface area contributed by atoms with Gasteiger partial charge in [0.15, 0.2) is 0 Å². The number of nitrogens with zero attached hydrogens (tertiary/aromatic N) is 1. The maximum Gasteiger partial charge on any atom is 0.236 e. The Balaban J connectivity index is 2.14. The van der Waals surface area contributed by atoms with Crippen LogP contribution < -0.4 is 11.1 Å². The van der Waals surface area contributed by atoms with Gasteiger partial charge in [-0.3, -0.25) is 4.79 Å². The molecule has 4 nitrogen and oxygen atoms in total. The van der Waals surface area contributed by atoms with Gasteiger partial charge in [-0.2, -0.15) is 11.8 Å². The molecule has 0 bridgehead atoms. The monoisotopic (exact) mass is 287 g/mol. The molecular weight excluding hydrogens is 258 g/mol. The minimum absolute atomic E-state index is 0.0186. The fourth-order valence-electron chi connectivity index (χ4n) is 2.48. The van der Waals surface area contributed by atoms with Gasteiger partial charge in [0.25, 0.3) is 0 Å². The van der Waals surface area contributed by atoms with Crippen LogP contribution in [0.1, 0.15) is 32.6 Å². The highest BCUT2D eigenvalue weighted by molar-refractivity contribution is 7.98. The zero-order chi connectivity index (χ0) is 14.1. The summed E-state index contributed by atoms with van der Waals surface area (Å²) in [5.74, 6) is 1.60. The topological polar surface area (TPSA) is 58.4 Å². The first kappa shape index (κ1) is 16.8.